The second kappa shape index (κ2) is 6.97. The molecule has 0 spiro atoms. The van der Waals surface area contributed by atoms with E-state index in [1.807, 2.05) is 0 Å². The van der Waals surface area contributed by atoms with Gasteiger partial charge in [-0.1, -0.05) is 37.4 Å². The van der Waals surface area contributed by atoms with Gasteiger partial charge in [-0.25, -0.2) is 4.98 Å². The van der Waals surface area contributed by atoms with Crippen LogP contribution >= 0.6 is 11.8 Å². The van der Waals surface area contributed by atoms with E-state index in [0.29, 0.717) is 0 Å². The minimum Gasteiger partial charge on any atom is -0.440 e. The zero-order chi connectivity index (χ0) is 11.1. The Morgan fingerprint density at radius 1 is 1.31 bits per heavy atom. The first-order valence-corrected chi connectivity index (χ1v) is 7.19. The molecule has 0 bridgehead atoms. The third-order valence-electron chi connectivity index (χ3n) is 3.03. The average Bonchev–Trinajstić information content (AvgIpc) is 2.68. The van der Waals surface area contributed by atoms with Gasteiger partial charge in [0.1, 0.15) is 6.26 Å². The Morgan fingerprint density at radius 3 is 2.81 bits per heavy atom. The first kappa shape index (κ1) is 12.0. The van der Waals surface area contributed by atoms with E-state index < -0.39 is 0 Å². The molecule has 2 rings (SSSR count). The van der Waals surface area contributed by atoms with Crippen LogP contribution in [0, 0.1) is 0 Å². The number of nitrogens with one attached hydrogen (secondary N) is 1. The van der Waals surface area contributed by atoms with Crippen LogP contribution in [0.1, 0.15) is 38.5 Å². The van der Waals surface area contributed by atoms with Crippen molar-refractivity contribution in [3.05, 3.63) is 12.5 Å². The number of rotatable bonds is 5. The Balaban J connectivity index is 1.56. The van der Waals surface area contributed by atoms with E-state index in [2.05, 4.69) is 10.3 Å². The maximum atomic E-state index is 5.17. The van der Waals surface area contributed by atoms with Crippen molar-refractivity contribution in [2.24, 2.45) is 0 Å². The first-order chi connectivity index (χ1) is 7.95. The lowest BCUT2D eigenvalue weighted by Crippen LogP contribution is -2.30. The summed E-state index contributed by atoms with van der Waals surface area (Å²) in [6, 6.07) is 0.743. The third kappa shape index (κ3) is 4.18. The van der Waals surface area contributed by atoms with E-state index >= 15 is 0 Å². The van der Waals surface area contributed by atoms with Crippen molar-refractivity contribution in [2.75, 3.05) is 12.3 Å². The zero-order valence-electron chi connectivity index (χ0n) is 9.65. The molecular weight excluding hydrogens is 220 g/mol. The highest BCUT2D eigenvalue weighted by atomic mass is 32.2. The first-order valence-electron chi connectivity index (χ1n) is 6.21. The standard InChI is InChI=1S/C12H20N2OS/c1-2-4-6-11(5-3-1)13-8-10-16-12-14-7-9-15-12/h7,9,11,13H,1-6,8,10H2. The number of oxazole rings is 1. The van der Waals surface area contributed by atoms with Crippen LogP contribution in [-0.4, -0.2) is 23.3 Å². The highest BCUT2D eigenvalue weighted by molar-refractivity contribution is 7.99. The monoisotopic (exact) mass is 240 g/mol. The molecule has 0 unspecified atom stereocenters. The van der Waals surface area contributed by atoms with Crippen LogP contribution in [0.3, 0.4) is 0 Å². The molecule has 1 saturated carbocycles. The van der Waals surface area contributed by atoms with Crippen LogP contribution in [0.2, 0.25) is 0 Å². The summed E-state index contributed by atoms with van der Waals surface area (Å²) >= 11 is 1.68. The van der Waals surface area contributed by atoms with Crippen LogP contribution in [-0.2, 0) is 0 Å². The van der Waals surface area contributed by atoms with Gasteiger partial charge < -0.3 is 9.73 Å². The molecule has 1 aromatic heterocycles. The van der Waals surface area contributed by atoms with Gasteiger partial charge in [-0.3, -0.25) is 0 Å². The largest absolute Gasteiger partial charge is 0.440 e. The lowest BCUT2D eigenvalue weighted by molar-refractivity contribution is 0.452. The topological polar surface area (TPSA) is 38.1 Å². The van der Waals surface area contributed by atoms with E-state index in [1.54, 1.807) is 24.2 Å². The van der Waals surface area contributed by atoms with Gasteiger partial charge in [-0.15, -0.1) is 0 Å². The summed E-state index contributed by atoms with van der Waals surface area (Å²) in [5, 5.41) is 4.41. The second-order valence-electron chi connectivity index (χ2n) is 4.29. The summed E-state index contributed by atoms with van der Waals surface area (Å²) < 4.78 is 5.17. The minimum absolute atomic E-state index is 0.743. The molecule has 1 aliphatic rings. The Labute approximate surface area is 101 Å². The zero-order valence-corrected chi connectivity index (χ0v) is 10.5. The van der Waals surface area contributed by atoms with Crippen molar-refractivity contribution < 1.29 is 4.42 Å². The molecule has 0 amide bonds. The Bertz CT molecular complexity index is 269. The smallest absolute Gasteiger partial charge is 0.255 e. The average molecular weight is 240 g/mol. The van der Waals surface area contributed by atoms with Crippen molar-refractivity contribution >= 4 is 11.8 Å². The van der Waals surface area contributed by atoms with Gasteiger partial charge in [0, 0.05) is 18.3 Å². The second-order valence-corrected chi connectivity index (χ2v) is 5.34. The number of hydrogen-bond acceptors (Lipinski definition) is 4. The molecule has 1 aromatic rings. The normalized spacial score (nSPS) is 18.5. The molecular formula is C12H20N2OS. The summed E-state index contributed by atoms with van der Waals surface area (Å²) in [4.78, 5) is 4.08. The van der Waals surface area contributed by atoms with Gasteiger partial charge in [0.25, 0.3) is 5.22 Å². The molecule has 4 heteroatoms. The van der Waals surface area contributed by atoms with Gasteiger partial charge >= 0.3 is 0 Å². The Hall–Kier alpha value is -0.480. The van der Waals surface area contributed by atoms with Crippen LogP contribution < -0.4 is 5.32 Å². The van der Waals surface area contributed by atoms with Crippen molar-refractivity contribution in [1.29, 1.82) is 0 Å². The minimum atomic E-state index is 0.743. The van der Waals surface area contributed by atoms with E-state index in [9.17, 15) is 0 Å². The molecule has 1 fully saturated rings. The lowest BCUT2D eigenvalue weighted by atomic mass is 10.1. The number of nitrogens with zero attached hydrogens (tertiary/aromatic N) is 1. The summed E-state index contributed by atoms with van der Waals surface area (Å²) in [6.07, 6.45) is 11.6. The lowest BCUT2D eigenvalue weighted by Gasteiger charge is -2.15. The molecule has 0 atom stereocenters. The van der Waals surface area contributed by atoms with Crippen LogP contribution in [0.4, 0.5) is 0 Å². The summed E-state index contributed by atoms with van der Waals surface area (Å²) in [6.45, 7) is 1.05. The maximum absolute atomic E-state index is 5.17. The fourth-order valence-electron chi connectivity index (χ4n) is 2.17. The van der Waals surface area contributed by atoms with Crippen LogP contribution in [0.15, 0.2) is 22.1 Å². The third-order valence-corrected chi connectivity index (χ3v) is 3.88. The molecule has 0 aromatic carbocycles. The number of aromatic nitrogens is 1. The van der Waals surface area contributed by atoms with Crippen molar-refractivity contribution in [1.82, 2.24) is 10.3 Å². The SMILES string of the molecule is c1coc(SCCNC2CCCCCC2)n1. The molecule has 1 heterocycles. The van der Waals surface area contributed by atoms with Gasteiger partial charge in [-0.05, 0) is 12.8 Å². The Kier molecular flexibility index (Phi) is 5.22. The van der Waals surface area contributed by atoms with E-state index in [-0.39, 0.29) is 0 Å². The fourth-order valence-corrected chi connectivity index (χ4v) is 2.82. The van der Waals surface area contributed by atoms with E-state index in [4.69, 9.17) is 4.42 Å². The molecule has 90 valence electrons. The summed E-state index contributed by atoms with van der Waals surface area (Å²) in [5.41, 5.74) is 0. The van der Waals surface area contributed by atoms with Crippen LogP contribution in [0.25, 0.3) is 0 Å². The van der Waals surface area contributed by atoms with Crippen molar-refractivity contribution in [3.8, 4) is 0 Å². The summed E-state index contributed by atoms with van der Waals surface area (Å²) in [5.74, 6) is 1.04. The van der Waals surface area contributed by atoms with Crippen molar-refractivity contribution in [2.45, 2.75) is 49.8 Å². The highest BCUT2D eigenvalue weighted by Crippen LogP contribution is 2.18. The van der Waals surface area contributed by atoms with Crippen LogP contribution in [0.5, 0.6) is 0 Å². The molecule has 0 aliphatic heterocycles. The Morgan fingerprint density at radius 2 is 2.12 bits per heavy atom. The molecule has 1 aliphatic carbocycles. The van der Waals surface area contributed by atoms with E-state index in [0.717, 1.165) is 23.6 Å². The quantitative estimate of drug-likeness (QED) is 0.487. The molecule has 0 saturated heterocycles. The fraction of sp³-hybridized carbons (Fsp3) is 0.750. The van der Waals surface area contributed by atoms with E-state index in [1.165, 1.54) is 38.5 Å². The molecule has 0 radical (unpaired) electrons. The predicted molar refractivity (Wildman–Crippen MR) is 66.7 cm³/mol. The van der Waals surface area contributed by atoms with Gasteiger partial charge in [-0.2, -0.15) is 0 Å². The molecule has 16 heavy (non-hydrogen) atoms. The summed E-state index contributed by atoms with van der Waals surface area (Å²) in [7, 11) is 0. The maximum Gasteiger partial charge on any atom is 0.255 e. The van der Waals surface area contributed by atoms with Gasteiger partial charge in [0.05, 0.1) is 6.20 Å². The van der Waals surface area contributed by atoms with Gasteiger partial charge in [0.2, 0.25) is 0 Å². The predicted octanol–water partition coefficient (Wildman–Crippen LogP) is 3.08. The highest BCUT2D eigenvalue weighted by Gasteiger charge is 2.10. The van der Waals surface area contributed by atoms with Crippen molar-refractivity contribution in [3.63, 3.8) is 0 Å². The number of thioether (sulfide) groups is 1. The van der Waals surface area contributed by atoms with Gasteiger partial charge in [0.15, 0.2) is 0 Å². The number of hydrogen-bond donors (Lipinski definition) is 1. The molecule has 1 N–H and O–H groups in total. The molecule has 3 nitrogen and oxygen atoms in total.